The molecule has 1 amide bonds. The molecule has 0 radical (unpaired) electrons. The van der Waals surface area contributed by atoms with E-state index < -0.39 is 0 Å². The number of aromatic nitrogens is 2. The second-order valence-corrected chi connectivity index (χ2v) is 5.64. The highest BCUT2D eigenvalue weighted by Crippen LogP contribution is 2.32. The Labute approximate surface area is 157 Å². The van der Waals surface area contributed by atoms with Crippen molar-refractivity contribution in [3.8, 4) is 17.2 Å². The van der Waals surface area contributed by atoms with Crippen molar-refractivity contribution in [1.82, 2.24) is 9.55 Å². The van der Waals surface area contributed by atoms with Crippen LogP contribution < -0.4 is 19.5 Å². The molecule has 0 aliphatic heterocycles. The van der Waals surface area contributed by atoms with E-state index in [0.29, 0.717) is 41.7 Å². The number of nitrogens with zero attached hydrogens (tertiary/aromatic N) is 2. The predicted molar refractivity (Wildman–Crippen MR) is 102 cm³/mol. The second kappa shape index (κ2) is 8.75. The zero-order chi connectivity index (χ0) is 19.1. The predicted octanol–water partition coefficient (Wildman–Crippen LogP) is 3.23. The number of hydrogen-bond acceptors (Lipinski definition) is 5. The maximum absolute atomic E-state index is 12.8. The number of amides is 1. The van der Waals surface area contributed by atoms with Gasteiger partial charge in [0.1, 0.15) is 12.4 Å². The lowest BCUT2D eigenvalue weighted by atomic mass is 10.1. The monoisotopic (exact) mass is 367 g/mol. The highest BCUT2D eigenvalue weighted by atomic mass is 16.5. The maximum atomic E-state index is 12.8. The van der Waals surface area contributed by atoms with E-state index in [1.807, 2.05) is 29.0 Å². The fourth-order valence-electron chi connectivity index (χ4n) is 2.63. The van der Waals surface area contributed by atoms with Crippen molar-refractivity contribution in [2.45, 2.75) is 6.54 Å². The van der Waals surface area contributed by atoms with Crippen LogP contribution >= 0.6 is 0 Å². The molecule has 7 nitrogen and oxygen atoms in total. The molecule has 0 atom stereocenters. The summed E-state index contributed by atoms with van der Waals surface area (Å²) in [4.78, 5) is 16.8. The number of nitrogens with one attached hydrogen (secondary N) is 1. The van der Waals surface area contributed by atoms with Crippen LogP contribution in [0.15, 0.2) is 61.2 Å². The molecule has 0 saturated heterocycles. The Hall–Kier alpha value is -3.48. The number of carbonyl (C=O) groups excluding carboxylic acids is 1. The van der Waals surface area contributed by atoms with E-state index in [1.54, 1.807) is 36.8 Å². The van der Waals surface area contributed by atoms with E-state index in [4.69, 9.17) is 14.2 Å². The standard InChI is InChI=1S/C20H21N3O4/c1-25-18-9-5-6-15(19(18)26-2)20(24)22-16-7-3-4-8-17(16)27-13-12-23-11-10-21-14-23/h3-11,14H,12-13H2,1-2H3,(H,22,24). The minimum absolute atomic E-state index is 0.309. The highest BCUT2D eigenvalue weighted by Gasteiger charge is 2.17. The Balaban J connectivity index is 1.73. The summed E-state index contributed by atoms with van der Waals surface area (Å²) in [5, 5.41) is 2.88. The number of carbonyl (C=O) groups is 1. The molecular formula is C20H21N3O4. The summed E-state index contributed by atoms with van der Waals surface area (Å²) >= 11 is 0. The number of imidazole rings is 1. The lowest BCUT2D eigenvalue weighted by Gasteiger charge is -2.15. The van der Waals surface area contributed by atoms with E-state index in [-0.39, 0.29) is 5.91 Å². The van der Waals surface area contributed by atoms with E-state index >= 15 is 0 Å². The molecule has 3 aromatic rings. The summed E-state index contributed by atoms with van der Waals surface area (Å²) in [7, 11) is 3.03. The normalized spacial score (nSPS) is 10.3. The molecule has 3 rings (SSSR count). The van der Waals surface area contributed by atoms with Gasteiger partial charge in [0, 0.05) is 12.4 Å². The fourth-order valence-corrected chi connectivity index (χ4v) is 2.63. The van der Waals surface area contributed by atoms with Crippen LogP contribution in [0, 0.1) is 0 Å². The van der Waals surface area contributed by atoms with Gasteiger partial charge in [0.25, 0.3) is 5.91 Å². The van der Waals surface area contributed by atoms with E-state index in [1.165, 1.54) is 14.2 Å². The molecule has 0 spiro atoms. The van der Waals surface area contributed by atoms with Crippen LogP contribution in [0.5, 0.6) is 17.2 Å². The number of ether oxygens (including phenoxy) is 3. The lowest BCUT2D eigenvalue weighted by Crippen LogP contribution is -2.15. The van der Waals surface area contributed by atoms with Crippen LogP contribution in [0.25, 0.3) is 0 Å². The molecule has 0 bridgehead atoms. The second-order valence-electron chi connectivity index (χ2n) is 5.64. The van der Waals surface area contributed by atoms with Gasteiger partial charge in [-0.05, 0) is 24.3 Å². The highest BCUT2D eigenvalue weighted by molar-refractivity contribution is 6.07. The number of methoxy groups -OCH3 is 2. The van der Waals surface area contributed by atoms with Gasteiger partial charge in [-0.3, -0.25) is 4.79 Å². The summed E-state index contributed by atoms with van der Waals surface area (Å²) in [6.07, 6.45) is 5.31. The molecule has 1 heterocycles. The third-order valence-corrected chi connectivity index (χ3v) is 3.95. The fraction of sp³-hybridized carbons (Fsp3) is 0.200. The summed E-state index contributed by atoms with van der Waals surface area (Å²) in [5.74, 6) is 1.16. The average molecular weight is 367 g/mol. The molecule has 1 aromatic heterocycles. The van der Waals surface area contributed by atoms with E-state index in [0.717, 1.165) is 0 Å². The molecule has 140 valence electrons. The van der Waals surface area contributed by atoms with Crippen LogP contribution in [0.4, 0.5) is 5.69 Å². The van der Waals surface area contributed by atoms with Gasteiger partial charge in [0.15, 0.2) is 11.5 Å². The van der Waals surface area contributed by atoms with Crippen molar-refractivity contribution in [2.24, 2.45) is 0 Å². The largest absolute Gasteiger partial charge is 0.493 e. The van der Waals surface area contributed by atoms with Gasteiger partial charge < -0.3 is 24.1 Å². The first-order valence-corrected chi connectivity index (χ1v) is 8.43. The molecular weight excluding hydrogens is 346 g/mol. The zero-order valence-corrected chi connectivity index (χ0v) is 15.2. The molecule has 0 saturated carbocycles. The van der Waals surface area contributed by atoms with Crippen molar-refractivity contribution in [1.29, 1.82) is 0 Å². The average Bonchev–Trinajstić information content (AvgIpc) is 3.22. The third kappa shape index (κ3) is 4.38. The Morgan fingerprint density at radius 1 is 1.07 bits per heavy atom. The topological polar surface area (TPSA) is 74.6 Å². The molecule has 0 aliphatic carbocycles. The molecule has 1 N–H and O–H groups in total. The maximum Gasteiger partial charge on any atom is 0.259 e. The van der Waals surface area contributed by atoms with Gasteiger partial charge in [-0.2, -0.15) is 0 Å². The van der Waals surface area contributed by atoms with E-state index in [9.17, 15) is 4.79 Å². The minimum Gasteiger partial charge on any atom is -0.493 e. The molecule has 0 fully saturated rings. The van der Waals surface area contributed by atoms with Crippen molar-refractivity contribution >= 4 is 11.6 Å². The molecule has 0 unspecified atom stereocenters. The molecule has 7 heteroatoms. The Bertz CT molecular complexity index is 894. The first-order valence-electron chi connectivity index (χ1n) is 8.43. The SMILES string of the molecule is COc1cccc(C(=O)Nc2ccccc2OCCn2ccnc2)c1OC. The van der Waals surface area contributed by atoms with Crippen LogP contribution in [0.3, 0.4) is 0 Å². The van der Waals surface area contributed by atoms with Gasteiger partial charge in [-0.15, -0.1) is 0 Å². The first-order chi connectivity index (χ1) is 13.2. The van der Waals surface area contributed by atoms with Gasteiger partial charge in [-0.1, -0.05) is 18.2 Å². The number of para-hydroxylation sites is 3. The first kappa shape index (κ1) is 18.3. The number of rotatable bonds is 8. The van der Waals surface area contributed by atoms with Crippen LogP contribution in [-0.2, 0) is 6.54 Å². The van der Waals surface area contributed by atoms with Crippen molar-refractivity contribution < 1.29 is 19.0 Å². The van der Waals surface area contributed by atoms with Crippen molar-refractivity contribution in [3.63, 3.8) is 0 Å². The van der Waals surface area contributed by atoms with Crippen LogP contribution in [0.1, 0.15) is 10.4 Å². The van der Waals surface area contributed by atoms with Crippen molar-refractivity contribution in [3.05, 3.63) is 66.7 Å². The van der Waals surface area contributed by atoms with Gasteiger partial charge in [-0.25, -0.2) is 4.98 Å². The molecule has 2 aromatic carbocycles. The Kier molecular flexibility index (Phi) is 5.94. The van der Waals surface area contributed by atoms with Gasteiger partial charge in [0.2, 0.25) is 0 Å². The summed E-state index contributed by atoms with van der Waals surface area (Å²) in [5.41, 5.74) is 0.961. The van der Waals surface area contributed by atoms with Gasteiger partial charge >= 0.3 is 0 Å². The van der Waals surface area contributed by atoms with Crippen LogP contribution in [0.2, 0.25) is 0 Å². The van der Waals surface area contributed by atoms with Gasteiger partial charge in [0.05, 0.1) is 38.3 Å². The number of anilines is 1. The summed E-state index contributed by atoms with van der Waals surface area (Å²) in [6, 6.07) is 12.4. The van der Waals surface area contributed by atoms with Crippen LogP contribution in [-0.4, -0.2) is 36.3 Å². The summed E-state index contributed by atoms with van der Waals surface area (Å²) < 4.78 is 18.3. The minimum atomic E-state index is -0.309. The lowest BCUT2D eigenvalue weighted by molar-refractivity contribution is 0.102. The number of benzene rings is 2. The number of hydrogen-bond donors (Lipinski definition) is 1. The zero-order valence-electron chi connectivity index (χ0n) is 15.2. The molecule has 0 aliphatic rings. The third-order valence-electron chi connectivity index (χ3n) is 3.95. The summed E-state index contributed by atoms with van der Waals surface area (Å²) in [6.45, 7) is 1.11. The quantitative estimate of drug-likeness (QED) is 0.662. The Morgan fingerprint density at radius 2 is 1.89 bits per heavy atom. The van der Waals surface area contributed by atoms with Crippen molar-refractivity contribution in [2.75, 3.05) is 26.1 Å². The van der Waals surface area contributed by atoms with E-state index in [2.05, 4.69) is 10.3 Å². The molecule has 27 heavy (non-hydrogen) atoms. The smallest absolute Gasteiger partial charge is 0.259 e. The Morgan fingerprint density at radius 3 is 2.63 bits per heavy atom.